The quantitative estimate of drug-likeness (QED) is 0.355. The standard InChI is InChI=1S/C23H16BrN3O3/c24-17-8-6-15(7-9-17)22(28)27-19-10-11-25-21-20(19)16(13-26-21)12-18(23(29)30)14-4-2-1-3-5-14/h1-13H,(H,29,30)(H2,25,26,27,28)/b18-12+. The van der Waals surface area contributed by atoms with Gasteiger partial charge in [-0.1, -0.05) is 46.3 Å². The third kappa shape index (κ3) is 4.01. The van der Waals surface area contributed by atoms with E-state index in [9.17, 15) is 14.7 Å². The Labute approximate surface area is 180 Å². The van der Waals surface area contributed by atoms with E-state index in [2.05, 4.69) is 31.2 Å². The fourth-order valence-electron chi connectivity index (χ4n) is 3.14. The summed E-state index contributed by atoms with van der Waals surface area (Å²) >= 11 is 3.35. The van der Waals surface area contributed by atoms with Crippen molar-refractivity contribution in [1.82, 2.24) is 9.97 Å². The number of H-pyrrole nitrogens is 1. The first-order chi connectivity index (χ1) is 14.5. The van der Waals surface area contributed by atoms with E-state index >= 15 is 0 Å². The van der Waals surface area contributed by atoms with Crippen LogP contribution >= 0.6 is 15.9 Å². The molecule has 0 fully saturated rings. The number of carbonyl (C=O) groups is 2. The van der Waals surface area contributed by atoms with Crippen LogP contribution in [0.1, 0.15) is 21.5 Å². The number of aliphatic carboxylic acids is 1. The molecule has 2 aromatic carbocycles. The summed E-state index contributed by atoms with van der Waals surface area (Å²) in [7, 11) is 0. The van der Waals surface area contributed by atoms with E-state index in [0.29, 0.717) is 33.4 Å². The molecule has 1 amide bonds. The Morgan fingerprint density at radius 1 is 1.00 bits per heavy atom. The van der Waals surface area contributed by atoms with Crippen LogP contribution < -0.4 is 5.32 Å². The Morgan fingerprint density at radius 2 is 1.73 bits per heavy atom. The van der Waals surface area contributed by atoms with Crippen LogP contribution in [-0.4, -0.2) is 27.0 Å². The van der Waals surface area contributed by atoms with Crippen LogP contribution in [0.2, 0.25) is 0 Å². The second-order valence-corrected chi connectivity index (χ2v) is 7.43. The summed E-state index contributed by atoms with van der Waals surface area (Å²) in [5, 5.41) is 13.3. The van der Waals surface area contributed by atoms with Gasteiger partial charge in [0.1, 0.15) is 5.65 Å². The number of benzene rings is 2. The fourth-order valence-corrected chi connectivity index (χ4v) is 3.40. The summed E-state index contributed by atoms with van der Waals surface area (Å²) in [5.74, 6) is -1.31. The topological polar surface area (TPSA) is 95.1 Å². The number of nitrogens with one attached hydrogen (secondary N) is 2. The number of aromatic nitrogens is 2. The van der Waals surface area contributed by atoms with Gasteiger partial charge in [0.25, 0.3) is 5.91 Å². The van der Waals surface area contributed by atoms with Gasteiger partial charge in [0.15, 0.2) is 0 Å². The van der Waals surface area contributed by atoms with Crippen LogP contribution in [0.4, 0.5) is 5.69 Å². The van der Waals surface area contributed by atoms with Gasteiger partial charge in [-0.25, -0.2) is 9.78 Å². The number of anilines is 1. The Morgan fingerprint density at radius 3 is 2.43 bits per heavy atom. The zero-order chi connectivity index (χ0) is 21.1. The SMILES string of the molecule is O=C(O)/C(=C/c1c[nH]c2nccc(NC(=O)c3ccc(Br)cc3)c12)c1ccccc1. The third-order valence-corrected chi connectivity index (χ3v) is 5.10. The van der Waals surface area contributed by atoms with Crippen molar-refractivity contribution in [3.05, 3.63) is 94.2 Å². The maximum atomic E-state index is 12.7. The zero-order valence-electron chi connectivity index (χ0n) is 15.6. The van der Waals surface area contributed by atoms with E-state index in [1.165, 1.54) is 0 Å². The molecule has 0 unspecified atom stereocenters. The molecule has 0 aliphatic carbocycles. The summed E-state index contributed by atoms with van der Waals surface area (Å²) in [5.41, 5.74) is 2.94. The smallest absolute Gasteiger partial charge is 0.336 e. The van der Waals surface area contributed by atoms with Gasteiger partial charge < -0.3 is 15.4 Å². The Hall–Kier alpha value is -3.71. The van der Waals surface area contributed by atoms with Crippen molar-refractivity contribution < 1.29 is 14.7 Å². The Kier molecular flexibility index (Phi) is 5.45. The third-order valence-electron chi connectivity index (χ3n) is 4.57. The minimum Gasteiger partial charge on any atom is -0.478 e. The second kappa shape index (κ2) is 8.34. The van der Waals surface area contributed by atoms with Gasteiger partial charge >= 0.3 is 5.97 Å². The average molecular weight is 462 g/mol. The highest BCUT2D eigenvalue weighted by Crippen LogP contribution is 2.29. The fraction of sp³-hybridized carbons (Fsp3) is 0. The normalized spacial score (nSPS) is 11.4. The Bertz CT molecular complexity index is 1260. The molecule has 7 heteroatoms. The van der Waals surface area contributed by atoms with Crippen LogP contribution in [0, 0.1) is 0 Å². The molecule has 2 heterocycles. The largest absolute Gasteiger partial charge is 0.478 e. The van der Waals surface area contributed by atoms with Crippen LogP contribution in [0.15, 0.2) is 77.5 Å². The summed E-state index contributed by atoms with van der Waals surface area (Å²) in [6, 6.07) is 17.6. The van der Waals surface area contributed by atoms with Gasteiger partial charge in [-0.3, -0.25) is 4.79 Å². The first kappa shape index (κ1) is 19.6. The summed E-state index contributed by atoms with van der Waals surface area (Å²) in [6.07, 6.45) is 4.84. The maximum absolute atomic E-state index is 12.7. The molecule has 3 N–H and O–H groups in total. The molecule has 0 aliphatic heterocycles. The number of rotatable bonds is 5. The van der Waals surface area contributed by atoms with Crippen LogP contribution in [0.5, 0.6) is 0 Å². The molecule has 0 atom stereocenters. The number of aromatic amines is 1. The molecule has 0 radical (unpaired) electrons. The molecular formula is C23H16BrN3O3. The van der Waals surface area contributed by atoms with Crippen molar-refractivity contribution >= 4 is 56.2 Å². The molecule has 0 bridgehead atoms. The number of carboxylic acids is 1. The summed E-state index contributed by atoms with van der Waals surface area (Å²) in [6.45, 7) is 0. The Balaban J connectivity index is 1.76. The number of fused-ring (bicyclic) bond motifs is 1. The molecule has 0 saturated carbocycles. The zero-order valence-corrected chi connectivity index (χ0v) is 17.2. The summed E-state index contributed by atoms with van der Waals surface area (Å²) < 4.78 is 0.880. The van der Waals surface area contributed by atoms with E-state index < -0.39 is 5.97 Å². The minimum absolute atomic E-state index is 0.144. The lowest BCUT2D eigenvalue weighted by Crippen LogP contribution is -2.12. The van der Waals surface area contributed by atoms with Crippen molar-refractivity contribution in [2.24, 2.45) is 0 Å². The molecule has 6 nitrogen and oxygen atoms in total. The lowest BCUT2D eigenvalue weighted by atomic mass is 10.0. The van der Waals surface area contributed by atoms with Crippen LogP contribution in [0.3, 0.4) is 0 Å². The van der Waals surface area contributed by atoms with E-state index in [1.54, 1.807) is 73.1 Å². The van der Waals surface area contributed by atoms with Crippen molar-refractivity contribution in [2.75, 3.05) is 5.32 Å². The molecule has 0 aliphatic rings. The van der Waals surface area contributed by atoms with Crippen molar-refractivity contribution in [3.63, 3.8) is 0 Å². The molecule has 0 spiro atoms. The van der Waals surface area contributed by atoms with Gasteiger partial charge in [-0.2, -0.15) is 0 Å². The minimum atomic E-state index is -1.04. The van der Waals surface area contributed by atoms with Gasteiger partial charge in [0, 0.05) is 33.4 Å². The maximum Gasteiger partial charge on any atom is 0.336 e. The highest BCUT2D eigenvalue weighted by Gasteiger charge is 2.15. The highest BCUT2D eigenvalue weighted by molar-refractivity contribution is 9.10. The number of amides is 1. The van der Waals surface area contributed by atoms with Gasteiger partial charge in [0.2, 0.25) is 0 Å². The number of carbonyl (C=O) groups excluding carboxylic acids is 1. The molecule has 30 heavy (non-hydrogen) atoms. The van der Waals surface area contributed by atoms with Crippen LogP contribution in [-0.2, 0) is 4.79 Å². The number of carboxylic acid groups (broad SMARTS) is 1. The van der Waals surface area contributed by atoms with E-state index in [-0.39, 0.29) is 11.5 Å². The molecule has 4 rings (SSSR count). The molecule has 148 valence electrons. The lowest BCUT2D eigenvalue weighted by molar-refractivity contribution is -0.130. The second-order valence-electron chi connectivity index (χ2n) is 6.52. The highest BCUT2D eigenvalue weighted by atomic mass is 79.9. The summed E-state index contributed by atoms with van der Waals surface area (Å²) in [4.78, 5) is 31.9. The van der Waals surface area contributed by atoms with Gasteiger partial charge in [0.05, 0.1) is 11.3 Å². The van der Waals surface area contributed by atoms with Crippen molar-refractivity contribution in [3.8, 4) is 0 Å². The number of pyridine rings is 1. The first-order valence-corrected chi connectivity index (χ1v) is 9.85. The average Bonchev–Trinajstić information content (AvgIpc) is 3.17. The lowest BCUT2D eigenvalue weighted by Gasteiger charge is -2.08. The van der Waals surface area contributed by atoms with E-state index in [0.717, 1.165) is 4.47 Å². The van der Waals surface area contributed by atoms with E-state index in [4.69, 9.17) is 0 Å². The van der Waals surface area contributed by atoms with Crippen molar-refractivity contribution in [1.29, 1.82) is 0 Å². The number of halogens is 1. The monoisotopic (exact) mass is 461 g/mol. The van der Waals surface area contributed by atoms with Crippen molar-refractivity contribution in [2.45, 2.75) is 0 Å². The number of hydrogen-bond acceptors (Lipinski definition) is 3. The predicted molar refractivity (Wildman–Crippen MR) is 120 cm³/mol. The molecule has 0 saturated heterocycles. The number of hydrogen-bond donors (Lipinski definition) is 3. The van der Waals surface area contributed by atoms with Crippen LogP contribution in [0.25, 0.3) is 22.7 Å². The molecular weight excluding hydrogens is 446 g/mol. The number of nitrogens with zero attached hydrogens (tertiary/aromatic N) is 1. The predicted octanol–water partition coefficient (Wildman–Crippen LogP) is 5.20. The van der Waals surface area contributed by atoms with Gasteiger partial charge in [-0.05, 0) is 42.0 Å². The van der Waals surface area contributed by atoms with E-state index in [1.807, 2.05) is 6.07 Å². The molecule has 2 aromatic heterocycles. The first-order valence-electron chi connectivity index (χ1n) is 9.06. The van der Waals surface area contributed by atoms with Gasteiger partial charge in [-0.15, -0.1) is 0 Å². The molecule has 4 aromatic rings.